The number of ketones is 1. The number of hydrogen-bond donors (Lipinski definition) is 0. The molecule has 0 saturated heterocycles. The number of hydrogen-bond acceptors (Lipinski definition) is 2. The highest BCUT2D eigenvalue weighted by Crippen LogP contribution is 2.39. The zero-order chi connectivity index (χ0) is 12.9. The van der Waals surface area contributed by atoms with E-state index in [0.29, 0.717) is 19.4 Å². The van der Waals surface area contributed by atoms with Gasteiger partial charge in [-0.05, 0) is 32.1 Å². The maximum atomic E-state index is 12.4. The van der Waals surface area contributed by atoms with Crippen LogP contribution in [-0.4, -0.2) is 25.2 Å². The van der Waals surface area contributed by atoms with Crippen LogP contribution in [-0.2, 0) is 9.53 Å². The van der Waals surface area contributed by atoms with Gasteiger partial charge in [0.1, 0.15) is 6.61 Å². The number of carbonyl (C=O) groups is 1. The van der Waals surface area contributed by atoms with E-state index in [0.717, 1.165) is 6.42 Å². The van der Waals surface area contributed by atoms with E-state index in [1.165, 1.54) is 0 Å². The largest absolute Gasteiger partial charge is 0.391 e. The number of Topliss-reactive ketones (excluding diaryl/α,β-unsaturated/α-hetero) is 1. The Morgan fingerprint density at radius 3 is 2.29 bits per heavy atom. The summed E-state index contributed by atoms with van der Waals surface area (Å²) in [6, 6.07) is 0. The molecule has 1 rings (SSSR count). The molecule has 2 nitrogen and oxygen atoms in total. The average Bonchev–Trinajstić information content (AvgIpc) is 2.28. The second kappa shape index (κ2) is 6.38. The fraction of sp³-hybridized carbons (Fsp3) is 0.917. The van der Waals surface area contributed by atoms with E-state index in [-0.39, 0.29) is 31.1 Å². The molecule has 5 heteroatoms. The van der Waals surface area contributed by atoms with Crippen molar-refractivity contribution in [3.05, 3.63) is 0 Å². The maximum Gasteiger partial charge on any atom is 0.391 e. The number of ether oxygens (including phenoxy) is 1. The molecule has 0 aromatic carbocycles. The van der Waals surface area contributed by atoms with Crippen LogP contribution >= 0.6 is 0 Å². The van der Waals surface area contributed by atoms with E-state index in [1.807, 2.05) is 6.92 Å². The van der Waals surface area contributed by atoms with Gasteiger partial charge < -0.3 is 4.74 Å². The fourth-order valence-corrected chi connectivity index (χ4v) is 2.18. The Labute approximate surface area is 99.5 Å². The molecule has 1 aliphatic carbocycles. The van der Waals surface area contributed by atoms with Crippen molar-refractivity contribution >= 4 is 5.78 Å². The monoisotopic (exact) mass is 252 g/mol. The lowest BCUT2D eigenvalue weighted by atomic mass is 9.80. The molecular weight excluding hydrogens is 233 g/mol. The van der Waals surface area contributed by atoms with Gasteiger partial charge in [0.05, 0.1) is 5.92 Å². The summed E-state index contributed by atoms with van der Waals surface area (Å²) in [5.74, 6) is -1.49. The Kier molecular flexibility index (Phi) is 5.43. The molecule has 1 fully saturated rings. The molecule has 0 aliphatic heterocycles. The number of carbonyl (C=O) groups excluding carboxylic acids is 1. The Bertz CT molecular complexity index is 243. The summed E-state index contributed by atoms with van der Waals surface area (Å²) in [4.78, 5) is 11.6. The average molecular weight is 252 g/mol. The predicted octanol–water partition coefficient (Wildman–Crippen LogP) is 3.35. The molecule has 0 aromatic rings. The van der Waals surface area contributed by atoms with Gasteiger partial charge in [-0.1, -0.05) is 6.92 Å². The molecule has 0 unspecified atom stereocenters. The van der Waals surface area contributed by atoms with Crippen LogP contribution in [0.2, 0.25) is 0 Å². The first-order valence-electron chi connectivity index (χ1n) is 6.12. The summed E-state index contributed by atoms with van der Waals surface area (Å²) in [5, 5.41) is 0. The van der Waals surface area contributed by atoms with Crippen LogP contribution in [0.15, 0.2) is 0 Å². The van der Waals surface area contributed by atoms with E-state index >= 15 is 0 Å². The zero-order valence-electron chi connectivity index (χ0n) is 10.1. The van der Waals surface area contributed by atoms with Crippen LogP contribution in [0.5, 0.6) is 0 Å². The molecule has 0 N–H and O–H groups in total. The minimum absolute atomic E-state index is 0.0425. The lowest BCUT2D eigenvalue weighted by Gasteiger charge is -2.28. The molecule has 0 aromatic heterocycles. The van der Waals surface area contributed by atoms with Crippen molar-refractivity contribution in [3.63, 3.8) is 0 Å². The first kappa shape index (κ1) is 14.5. The van der Waals surface area contributed by atoms with Crippen LogP contribution in [0.4, 0.5) is 13.2 Å². The Hall–Kier alpha value is -0.580. The molecule has 100 valence electrons. The van der Waals surface area contributed by atoms with Gasteiger partial charge in [0.25, 0.3) is 0 Å². The van der Waals surface area contributed by atoms with Crippen LogP contribution in [0.1, 0.15) is 39.0 Å². The highest BCUT2D eigenvalue weighted by atomic mass is 19.4. The molecule has 0 atom stereocenters. The van der Waals surface area contributed by atoms with Crippen LogP contribution < -0.4 is 0 Å². The second-order valence-electron chi connectivity index (χ2n) is 4.61. The molecule has 1 saturated carbocycles. The van der Waals surface area contributed by atoms with Crippen LogP contribution in [0, 0.1) is 11.8 Å². The Balaban J connectivity index is 2.29. The minimum Gasteiger partial charge on any atom is -0.374 e. The molecular formula is C12H19F3O2. The number of halogens is 3. The first-order valence-corrected chi connectivity index (χ1v) is 6.12. The van der Waals surface area contributed by atoms with E-state index < -0.39 is 12.1 Å². The third-order valence-electron chi connectivity index (χ3n) is 3.24. The number of alkyl halides is 3. The van der Waals surface area contributed by atoms with E-state index in [4.69, 9.17) is 4.74 Å². The summed E-state index contributed by atoms with van der Waals surface area (Å²) >= 11 is 0. The van der Waals surface area contributed by atoms with Crippen LogP contribution in [0.25, 0.3) is 0 Å². The van der Waals surface area contributed by atoms with Crippen molar-refractivity contribution in [1.29, 1.82) is 0 Å². The van der Waals surface area contributed by atoms with Gasteiger partial charge in [0.15, 0.2) is 5.78 Å². The van der Waals surface area contributed by atoms with Crippen molar-refractivity contribution in [3.8, 4) is 0 Å². The minimum atomic E-state index is -4.10. The topological polar surface area (TPSA) is 26.3 Å². The molecule has 17 heavy (non-hydrogen) atoms. The standard InChI is InChI=1S/C12H19F3O2/c1-2-7-17-8-11(16)9-3-5-10(6-4-9)12(13,14)15/h9-10H,2-8H2,1H3. The third kappa shape index (κ3) is 4.66. The SMILES string of the molecule is CCCOCC(=O)C1CCC(C(F)(F)F)CC1. The van der Waals surface area contributed by atoms with Crippen molar-refractivity contribution in [2.24, 2.45) is 11.8 Å². The summed E-state index contributed by atoms with van der Waals surface area (Å²) in [6.45, 7) is 2.53. The normalized spacial score (nSPS) is 25.9. The summed E-state index contributed by atoms with van der Waals surface area (Å²) in [7, 11) is 0. The molecule has 1 aliphatic rings. The number of rotatable bonds is 5. The summed E-state index contributed by atoms with van der Waals surface area (Å²) < 4.78 is 42.3. The molecule has 0 radical (unpaired) electrons. The smallest absolute Gasteiger partial charge is 0.374 e. The van der Waals surface area contributed by atoms with Gasteiger partial charge in [-0.15, -0.1) is 0 Å². The van der Waals surface area contributed by atoms with Crippen molar-refractivity contribution in [1.82, 2.24) is 0 Å². The summed E-state index contributed by atoms with van der Waals surface area (Å²) in [6.07, 6.45) is -2.42. The van der Waals surface area contributed by atoms with E-state index in [1.54, 1.807) is 0 Å². The fourth-order valence-electron chi connectivity index (χ4n) is 2.18. The zero-order valence-corrected chi connectivity index (χ0v) is 10.1. The highest BCUT2D eigenvalue weighted by Gasteiger charge is 2.42. The Morgan fingerprint density at radius 2 is 1.82 bits per heavy atom. The van der Waals surface area contributed by atoms with E-state index in [9.17, 15) is 18.0 Å². The van der Waals surface area contributed by atoms with Crippen molar-refractivity contribution in [2.75, 3.05) is 13.2 Å². The molecule has 0 bridgehead atoms. The predicted molar refractivity (Wildman–Crippen MR) is 57.6 cm³/mol. The van der Waals surface area contributed by atoms with Gasteiger partial charge in [-0.3, -0.25) is 4.79 Å². The molecule has 0 spiro atoms. The van der Waals surface area contributed by atoms with Gasteiger partial charge in [0.2, 0.25) is 0 Å². The maximum absolute atomic E-state index is 12.4. The molecule has 0 heterocycles. The van der Waals surface area contributed by atoms with Gasteiger partial charge >= 0.3 is 6.18 Å². The summed E-state index contributed by atoms with van der Waals surface area (Å²) in [5.41, 5.74) is 0. The van der Waals surface area contributed by atoms with Crippen molar-refractivity contribution in [2.45, 2.75) is 45.2 Å². The van der Waals surface area contributed by atoms with E-state index in [2.05, 4.69) is 0 Å². The highest BCUT2D eigenvalue weighted by molar-refractivity contribution is 5.82. The van der Waals surface area contributed by atoms with Crippen LogP contribution in [0.3, 0.4) is 0 Å². The Morgan fingerprint density at radius 1 is 1.24 bits per heavy atom. The second-order valence-corrected chi connectivity index (χ2v) is 4.61. The van der Waals surface area contributed by atoms with Crippen molar-refractivity contribution < 1.29 is 22.7 Å². The van der Waals surface area contributed by atoms with Gasteiger partial charge in [-0.25, -0.2) is 0 Å². The first-order chi connectivity index (χ1) is 7.95. The lowest BCUT2D eigenvalue weighted by Crippen LogP contribution is -2.31. The van der Waals surface area contributed by atoms with Gasteiger partial charge in [-0.2, -0.15) is 13.2 Å². The third-order valence-corrected chi connectivity index (χ3v) is 3.24. The lowest BCUT2D eigenvalue weighted by molar-refractivity contribution is -0.184. The molecule has 0 amide bonds. The quantitative estimate of drug-likeness (QED) is 0.701. The van der Waals surface area contributed by atoms with Gasteiger partial charge in [0, 0.05) is 12.5 Å².